The number of thiophene rings is 1. The minimum atomic E-state index is 0.458. The van der Waals surface area contributed by atoms with Crippen molar-refractivity contribution in [3.63, 3.8) is 0 Å². The molecule has 1 N–H and O–H groups in total. The molecule has 0 spiro atoms. The highest BCUT2D eigenvalue weighted by atomic mass is 35.5. The van der Waals surface area contributed by atoms with E-state index in [2.05, 4.69) is 42.7 Å². The van der Waals surface area contributed by atoms with Crippen LogP contribution in [0.15, 0.2) is 35.7 Å². The zero-order chi connectivity index (χ0) is 13.7. The molecule has 0 amide bonds. The molecule has 0 bridgehead atoms. The van der Waals surface area contributed by atoms with Crippen molar-refractivity contribution in [2.24, 2.45) is 0 Å². The third-order valence-electron chi connectivity index (χ3n) is 3.31. The van der Waals surface area contributed by atoms with Gasteiger partial charge in [0.05, 0.1) is 0 Å². The van der Waals surface area contributed by atoms with E-state index in [-0.39, 0.29) is 0 Å². The number of hydrogen-bond donors (Lipinski definition) is 1. The Morgan fingerprint density at radius 1 is 1.32 bits per heavy atom. The Labute approximate surface area is 124 Å². The third kappa shape index (κ3) is 4.07. The Balaban J connectivity index is 2.02. The Morgan fingerprint density at radius 3 is 2.79 bits per heavy atom. The third-order valence-corrected chi connectivity index (χ3v) is 4.53. The molecule has 102 valence electrons. The highest BCUT2D eigenvalue weighted by Gasteiger charge is 2.11. The summed E-state index contributed by atoms with van der Waals surface area (Å²) in [6.07, 6.45) is 2.36. The summed E-state index contributed by atoms with van der Waals surface area (Å²) in [5.74, 6) is 0. The summed E-state index contributed by atoms with van der Waals surface area (Å²) in [6, 6.07) is 10.9. The minimum absolute atomic E-state index is 0.458. The first-order valence-electron chi connectivity index (χ1n) is 6.72. The topological polar surface area (TPSA) is 12.0 Å². The van der Waals surface area contributed by atoms with Crippen LogP contribution >= 0.6 is 22.9 Å². The van der Waals surface area contributed by atoms with E-state index in [1.54, 1.807) is 0 Å². The standard InChI is InChI=1S/C16H20ClNS/c1-3-5-15(16-6-4-9-19-16)18-11-13-7-8-14(17)10-12(13)2/h4,6-10,15,18H,3,5,11H2,1-2H3. The molecule has 1 unspecified atom stereocenters. The molecule has 0 fully saturated rings. The summed E-state index contributed by atoms with van der Waals surface area (Å²) >= 11 is 7.82. The Bertz CT molecular complexity index is 507. The van der Waals surface area contributed by atoms with Crippen LogP contribution in [0.3, 0.4) is 0 Å². The molecule has 0 saturated carbocycles. The van der Waals surface area contributed by atoms with Gasteiger partial charge in [0.1, 0.15) is 0 Å². The molecule has 1 nitrogen and oxygen atoms in total. The molecule has 2 rings (SSSR count). The van der Waals surface area contributed by atoms with Gasteiger partial charge in [-0.15, -0.1) is 11.3 Å². The van der Waals surface area contributed by atoms with Gasteiger partial charge in [-0.25, -0.2) is 0 Å². The maximum absolute atomic E-state index is 5.99. The average molecular weight is 294 g/mol. The fraction of sp³-hybridized carbons (Fsp3) is 0.375. The zero-order valence-electron chi connectivity index (χ0n) is 11.4. The van der Waals surface area contributed by atoms with Crippen molar-refractivity contribution in [1.29, 1.82) is 0 Å². The zero-order valence-corrected chi connectivity index (χ0v) is 13.0. The highest BCUT2D eigenvalue weighted by Crippen LogP contribution is 2.24. The lowest BCUT2D eigenvalue weighted by Crippen LogP contribution is -2.20. The van der Waals surface area contributed by atoms with Crippen molar-refractivity contribution in [3.05, 3.63) is 56.7 Å². The molecule has 1 heterocycles. The van der Waals surface area contributed by atoms with Gasteiger partial charge in [0.25, 0.3) is 0 Å². The van der Waals surface area contributed by atoms with E-state index in [1.807, 2.05) is 23.5 Å². The van der Waals surface area contributed by atoms with Gasteiger partial charge in [0.15, 0.2) is 0 Å². The van der Waals surface area contributed by atoms with Crippen LogP contribution in [0.2, 0.25) is 5.02 Å². The second kappa shape index (κ2) is 7.09. The predicted octanol–water partition coefficient (Wildman–Crippen LogP) is 5.34. The molecule has 19 heavy (non-hydrogen) atoms. The van der Waals surface area contributed by atoms with E-state index in [0.717, 1.165) is 11.6 Å². The normalized spacial score (nSPS) is 12.6. The van der Waals surface area contributed by atoms with Gasteiger partial charge in [0, 0.05) is 22.5 Å². The summed E-state index contributed by atoms with van der Waals surface area (Å²) in [6.45, 7) is 5.24. The van der Waals surface area contributed by atoms with Crippen molar-refractivity contribution in [3.8, 4) is 0 Å². The van der Waals surface area contributed by atoms with Crippen molar-refractivity contribution in [2.75, 3.05) is 0 Å². The average Bonchev–Trinajstić information content (AvgIpc) is 2.90. The second-order valence-corrected chi connectivity index (χ2v) is 6.22. The maximum Gasteiger partial charge on any atom is 0.0417 e. The second-order valence-electron chi connectivity index (χ2n) is 4.81. The van der Waals surface area contributed by atoms with E-state index in [1.165, 1.54) is 28.8 Å². The maximum atomic E-state index is 5.99. The molecule has 0 saturated heterocycles. The van der Waals surface area contributed by atoms with Gasteiger partial charge in [-0.1, -0.05) is 37.1 Å². The molecule has 0 aliphatic carbocycles. The SMILES string of the molecule is CCCC(NCc1ccc(Cl)cc1C)c1cccs1. The van der Waals surface area contributed by atoms with E-state index in [9.17, 15) is 0 Å². The highest BCUT2D eigenvalue weighted by molar-refractivity contribution is 7.10. The summed E-state index contributed by atoms with van der Waals surface area (Å²) in [7, 11) is 0. The predicted molar refractivity (Wildman–Crippen MR) is 85.0 cm³/mol. The Morgan fingerprint density at radius 2 is 2.16 bits per heavy atom. The molecule has 2 aromatic rings. The lowest BCUT2D eigenvalue weighted by molar-refractivity contribution is 0.500. The van der Waals surface area contributed by atoms with Crippen LogP contribution in [-0.4, -0.2) is 0 Å². The fourth-order valence-electron chi connectivity index (χ4n) is 2.21. The first-order valence-corrected chi connectivity index (χ1v) is 7.98. The summed E-state index contributed by atoms with van der Waals surface area (Å²) in [5.41, 5.74) is 2.57. The van der Waals surface area contributed by atoms with Crippen LogP contribution in [0, 0.1) is 6.92 Å². The van der Waals surface area contributed by atoms with Gasteiger partial charge in [-0.2, -0.15) is 0 Å². The van der Waals surface area contributed by atoms with Crippen LogP contribution in [0.1, 0.15) is 41.8 Å². The lowest BCUT2D eigenvalue weighted by atomic mass is 10.1. The molecule has 0 radical (unpaired) electrons. The first-order chi connectivity index (χ1) is 9.20. The van der Waals surface area contributed by atoms with Crippen LogP contribution in [0.25, 0.3) is 0 Å². The van der Waals surface area contributed by atoms with Crippen LogP contribution in [0.5, 0.6) is 0 Å². The van der Waals surface area contributed by atoms with Gasteiger partial charge in [0.2, 0.25) is 0 Å². The van der Waals surface area contributed by atoms with Gasteiger partial charge in [-0.05, 0) is 48.1 Å². The van der Waals surface area contributed by atoms with Gasteiger partial charge in [-0.3, -0.25) is 0 Å². The number of benzene rings is 1. The fourth-order valence-corrected chi connectivity index (χ4v) is 3.28. The van der Waals surface area contributed by atoms with E-state index in [4.69, 9.17) is 11.6 Å². The molecule has 1 aromatic heterocycles. The molecule has 1 atom stereocenters. The monoisotopic (exact) mass is 293 g/mol. The largest absolute Gasteiger partial charge is 0.305 e. The molecule has 0 aliphatic rings. The Kier molecular flexibility index (Phi) is 5.44. The number of nitrogens with one attached hydrogen (secondary N) is 1. The molecular formula is C16H20ClNS. The van der Waals surface area contributed by atoms with Crippen molar-refractivity contribution in [2.45, 2.75) is 39.3 Å². The van der Waals surface area contributed by atoms with E-state index in [0.29, 0.717) is 6.04 Å². The Hall–Kier alpha value is -0.830. The first kappa shape index (κ1) is 14.6. The van der Waals surface area contributed by atoms with Crippen molar-refractivity contribution in [1.82, 2.24) is 5.32 Å². The number of hydrogen-bond acceptors (Lipinski definition) is 2. The van der Waals surface area contributed by atoms with E-state index >= 15 is 0 Å². The van der Waals surface area contributed by atoms with Crippen LogP contribution in [0.4, 0.5) is 0 Å². The minimum Gasteiger partial charge on any atom is -0.305 e. The van der Waals surface area contributed by atoms with Gasteiger partial charge < -0.3 is 5.32 Å². The van der Waals surface area contributed by atoms with Gasteiger partial charge >= 0.3 is 0 Å². The molecule has 0 aliphatic heterocycles. The quantitative estimate of drug-likeness (QED) is 0.758. The lowest BCUT2D eigenvalue weighted by Gasteiger charge is -2.17. The van der Waals surface area contributed by atoms with E-state index < -0.39 is 0 Å². The van der Waals surface area contributed by atoms with Crippen LogP contribution < -0.4 is 5.32 Å². The number of aryl methyl sites for hydroxylation is 1. The molecular weight excluding hydrogens is 274 g/mol. The smallest absolute Gasteiger partial charge is 0.0417 e. The number of halogens is 1. The molecule has 1 aromatic carbocycles. The van der Waals surface area contributed by atoms with Crippen molar-refractivity contribution >= 4 is 22.9 Å². The summed E-state index contributed by atoms with van der Waals surface area (Å²) in [5, 5.41) is 6.62. The molecule has 3 heteroatoms. The van der Waals surface area contributed by atoms with Crippen molar-refractivity contribution < 1.29 is 0 Å². The summed E-state index contributed by atoms with van der Waals surface area (Å²) < 4.78 is 0. The number of rotatable bonds is 6. The summed E-state index contributed by atoms with van der Waals surface area (Å²) in [4.78, 5) is 1.42. The van der Waals surface area contributed by atoms with Crippen LogP contribution in [-0.2, 0) is 6.54 Å².